The van der Waals surface area contributed by atoms with E-state index in [4.69, 9.17) is 10.2 Å². The summed E-state index contributed by atoms with van der Waals surface area (Å²) >= 11 is 0. The molecule has 4 heteroatoms. The number of hydrogen-bond acceptors (Lipinski definition) is 4. The predicted molar refractivity (Wildman–Crippen MR) is 123 cm³/mol. The molecule has 0 amide bonds. The van der Waals surface area contributed by atoms with Crippen LogP contribution in [0, 0.1) is 0 Å². The van der Waals surface area contributed by atoms with Crippen molar-refractivity contribution in [3.63, 3.8) is 0 Å². The van der Waals surface area contributed by atoms with Crippen molar-refractivity contribution in [2.45, 2.75) is 52.4 Å². The van der Waals surface area contributed by atoms with Crippen molar-refractivity contribution in [1.82, 2.24) is 0 Å². The number of para-hydroxylation sites is 2. The quantitative estimate of drug-likeness (QED) is 0.320. The monoisotopic (exact) mass is 410 g/mol. The Labute approximate surface area is 180 Å². The maximum Gasteiger partial charge on any atom is 0.119 e. The lowest BCUT2D eigenvalue weighted by Crippen LogP contribution is -2.15. The van der Waals surface area contributed by atoms with Crippen LogP contribution in [-0.4, -0.2) is 20.4 Å². The van der Waals surface area contributed by atoms with Gasteiger partial charge in [-0.1, -0.05) is 77.9 Å². The third-order valence-corrected chi connectivity index (χ3v) is 4.24. The van der Waals surface area contributed by atoms with Gasteiger partial charge in [0.15, 0.2) is 0 Å². The number of phenols is 4. The Kier molecular flexibility index (Phi) is 8.78. The third kappa shape index (κ3) is 8.48. The molecule has 0 aliphatic heterocycles. The molecule has 0 saturated heterocycles. The fourth-order valence-electron chi connectivity index (χ4n) is 2.63. The smallest absolute Gasteiger partial charge is 0.119 e. The first-order chi connectivity index (χ1) is 13.8. The number of hydrogen-bond donors (Lipinski definition) is 4. The molecule has 0 heterocycles. The molecule has 162 valence electrons. The van der Waals surface area contributed by atoms with Crippen molar-refractivity contribution in [3.8, 4) is 23.0 Å². The van der Waals surface area contributed by atoms with Crippen LogP contribution in [0.2, 0.25) is 0 Å². The van der Waals surface area contributed by atoms with Crippen molar-refractivity contribution in [2.24, 2.45) is 0 Å². The normalized spacial score (nSPS) is 10.9. The summed E-state index contributed by atoms with van der Waals surface area (Å²) in [6.45, 7) is 12.1. The van der Waals surface area contributed by atoms with Gasteiger partial charge in [0.25, 0.3) is 0 Å². The second-order valence-corrected chi connectivity index (χ2v) is 9.06. The van der Waals surface area contributed by atoms with Crippen LogP contribution in [-0.2, 0) is 10.8 Å². The molecule has 3 aromatic carbocycles. The summed E-state index contributed by atoms with van der Waals surface area (Å²) in [4.78, 5) is 0. The molecule has 0 saturated carbocycles. The highest BCUT2D eigenvalue weighted by Gasteiger charge is 2.24. The lowest BCUT2D eigenvalue weighted by atomic mass is 9.81. The molecule has 3 rings (SSSR count). The maximum absolute atomic E-state index is 10.0. The Morgan fingerprint density at radius 3 is 0.900 bits per heavy atom. The highest BCUT2D eigenvalue weighted by molar-refractivity contribution is 5.50. The Morgan fingerprint density at radius 1 is 0.467 bits per heavy atom. The average molecular weight is 411 g/mol. The van der Waals surface area contributed by atoms with E-state index in [1.807, 2.05) is 53.7 Å². The first-order valence-electron chi connectivity index (χ1n) is 9.87. The minimum absolute atomic E-state index is 0.169. The molecular weight excluding hydrogens is 376 g/mol. The molecule has 0 unspecified atom stereocenters. The first kappa shape index (κ1) is 24.9. The van der Waals surface area contributed by atoms with Gasteiger partial charge in [-0.05, 0) is 47.2 Å². The SMILES string of the molecule is CC(C)(C)c1cc(O)c(C(C)(C)C)cc1O.Oc1ccccc1.Oc1ccccc1. The van der Waals surface area contributed by atoms with E-state index < -0.39 is 0 Å². The summed E-state index contributed by atoms with van der Waals surface area (Å²) in [5.74, 6) is 1.16. The topological polar surface area (TPSA) is 80.9 Å². The van der Waals surface area contributed by atoms with E-state index in [-0.39, 0.29) is 22.3 Å². The van der Waals surface area contributed by atoms with E-state index in [1.165, 1.54) is 0 Å². The summed E-state index contributed by atoms with van der Waals surface area (Å²) in [7, 11) is 0. The zero-order valence-electron chi connectivity index (χ0n) is 18.7. The maximum atomic E-state index is 10.0. The summed E-state index contributed by atoms with van der Waals surface area (Å²) in [5.41, 5.74) is 1.21. The zero-order chi connectivity index (χ0) is 22.9. The molecule has 0 radical (unpaired) electrons. The molecule has 0 aliphatic rings. The molecule has 4 nitrogen and oxygen atoms in total. The van der Waals surface area contributed by atoms with Crippen molar-refractivity contribution in [2.75, 3.05) is 0 Å². The van der Waals surface area contributed by atoms with Crippen LogP contribution in [0.25, 0.3) is 0 Å². The fourth-order valence-corrected chi connectivity index (χ4v) is 2.63. The zero-order valence-corrected chi connectivity index (χ0v) is 18.7. The summed E-state index contributed by atoms with van der Waals surface area (Å²) < 4.78 is 0. The van der Waals surface area contributed by atoms with Crippen LogP contribution in [0.3, 0.4) is 0 Å². The van der Waals surface area contributed by atoms with Gasteiger partial charge in [-0.25, -0.2) is 0 Å². The number of aromatic hydroxyl groups is 4. The minimum Gasteiger partial charge on any atom is -0.508 e. The number of benzene rings is 3. The summed E-state index contributed by atoms with van der Waals surface area (Å²) in [5, 5.41) is 37.3. The molecule has 4 N–H and O–H groups in total. The molecule has 0 aromatic heterocycles. The Bertz CT molecular complexity index is 813. The summed E-state index contributed by atoms with van der Waals surface area (Å²) in [6, 6.07) is 20.8. The van der Waals surface area contributed by atoms with Crippen LogP contribution in [0.5, 0.6) is 23.0 Å². The van der Waals surface area contributed by atoms with Gasteiger partial charge in [-0.2, -0.15) is 0 Å². The standard InChI is InChI=1S/C14H22O2.2C6H6O/c1-13(2,3)9-7-12(16)10(8-11(9)15)14(4,5)6;2*7-6-4-2-1-3-5-6/h7-8,15-16H,1-6H3;2*1-5,7H. The summed E-state index contributed by atoms with van der Waals surface area (Å²) in [6.07, 6.45) is 0. The van der Waals surface area contributed by atoms with E-state index in [1.54, 1.807) is 60.7 Å². The van der Waals surface area contributed by atoms with Crippen molar-refractivity contribution in [3.05, 3.63) is 83.9 Å². The van der Waals surface area contributed by atoms with Crippen LogP contribution in [0.15, 0.2) is 72.8 Å². The van der Waals surface area contributed by atoms with Crippen LogP contribution < -0.4 is 0 Å². The van der Waals surface area contributed by atoms with E-state index in [0.29, 0.717) is 11.5 Å². The van der Waals surface area contributed by atoms with Crippen LogP contribution in [0.1, 0.15) is 52.7 Å². The largest absolute Gasteiger partial charge is 0.508 e. The molecule has 30 heavy (non-hydrogen) atoms. The second kappa shape index (κ2) is 10.6. The Balaban J connectivity index is 0.000000263. The van der Waals surface area contributed by atoms with Gasteiger partial charge in [0.2, 0.25) is 0 Å². The van der Waals surface area contributed by atoms with Gasteiger partial charge < -0.3 is 20.4 Å². The number of phenolic OH excluding ortho intramolecular Hbond substituents is 4. The van der Waals surface area contributed by atoms with E-state index in [9.17, 15) is 10.2 Å². The van der Waals surface area contributed by atoms with Gasteiger partial charge in [0, 0.05) is 11.1 Å². The molecule has 3 aromatic rings. The minimum atomic E-state index is -0.169. The average Bonchev–Trinajstić information content (AvgIpc) is 2.64. The molecule has 0 aliphatic carbocycles. The molecule has 0 bridgehead atoms. The van der Waals surface area contributed by atoms with Gasteiger partial charge in [0.1, 0.15) is 23.0 Å². The molecule has 0 fully saturated rings. The molecular formula is C26H34O4. The predicted octanol–water partition coefficient (Wildman–Crippen LogP) is 6.48. The van der Waals surface area contributed by atoms with E-state index >= 15 is 0 Å². The Morgan fingerprint density at radius 2 is 0.733 bits per heavy atom. The van der Waals surface area contributed by atoms with Crippen molar-refractivity contribution in [1.29, 1.82) is 0 Å². The highest BCUT2D eigenvalue weighted by atomic mass is 16.3. The van der Waals surface area contributed by atoms with Crippen LogP contribution in [0.4, 0.5) is 0 Å². The fraction of sp³-hybridized carbons (Fsp3) is 0.308. The van der Waals surface area contributed by atoms with Gasteiger partial charge >= 0.3 is 0 Å². The van der Waals surface area contributed by atoms with Gasteiger partial charge in [-0.3, -0.25) is 0 Å². The molecule has 0 atom stereocenters. The van der Waals surface area contributed by atoms with E-state index in [0.717, 1.165) is 11.1 Å². The highest BCUT2D eigenvalue weighted by Crippen LogP contribution is 2.39. The number of rotatable bonds is 0. The lowest BCUT2D eigenvalue weighted by Gasteiger charge is -2.25. The Hall–Kier alpha value is -3.14. The van der Waals surface area contributed by atoms with Crippen molar-refractivity contribution < 1.29 is 20.4 Å². The van der Waals surface area contributed by atoms with Gasteiger partial charge in [0.05, 0.1) is 0 Å². The lowest BCUT2D eigenvalue weighted by molar-refractivity contribution is 0.419. The van der Waals surface area contributed by atoms with E-state index in [2.05, 4.69) is 0 Å². The molecule has 0 spiro atoms. The van der Waals surface area contributed by atoms with Gasteiger partial charge in [-0.15, -0.1) is 0 Å². The first-order valence-corrected chi connectivity index (χ1v) is 9.87. The second-order valence-electron chi connectivity index (χ2n) is 9.06. The van der Waals surface area contributed by atoms with Crippen molar-refractivity contribution >= 4 is 0 Å². The third-order valence-electron chi connectivity index (χ3n) is 4.24. The van der Waals surface area contributed by atoms with Crippen LogP contribution >= 0.6 is 0 Å².